The van der Waals surface area contributed by atoms with E-state index >= 15 is 0 Å². The molecule has 31 heavy (non-hydrogen) atoms. The molecule has 0 aromatic rings. The fourth-order valence-electron chi connectivity index (χ4n) is 2.78. The molecule has 9 heteroatoms. The number of hydrogen-bond donors (Lipinski definition) is 2. The highest BCUT2D eigenvalue weighted by atomic mass is 31.2. The highest BCUT2D eigenvalue weighted by molar-refractivity contribution is 7.46. The van der Waals surface area contributed by atoms with Gasteiger partial charge in [0.25, 0.3) is 0 Å². The normalized spacial score (nSPS) is 12.8. The van der Waals surface area contributed by atoms with Gasteiger partial charge in [-0.2, -0.15) is 0 Å². The zero-order valence-corrected chi connectivity index (χ0v) is 20.0. The fraction of sp³-hybridized carbons (Fsp3) is 0.818. The van der Waals surface area contributed by atoms with Crippen LogP contribution in [0.4, 0.5) is 0 Å². The molecule has 0 unspecified atom stereocenters. The Labute approximate surface area is 187 Å². The number of rotatable bonds is 20. The van der Waals surface area contributed by atoms with Gasteiger partial charge in [0.15, 0.2) is 6.10 Å². The third-order valence-electron chi connectivity index (χ3n) is 4.52. The Morgan fingerprint density at radius 2 is 1.42 bits per heavy atom. The van der Waals surface area contributed by atoms with Gasteiger partial charge in [0.2, 0.25) is 0 Å². The third-order valence-corrected chi connectivity index (χ3v) is 5.00. The molecule has 0 spiro atoms. The van der Waals surface area contributed by atoms with Crippen molar-refractivity contribution < 1.29 is 37.9 Å². The number of hydrogen-bond acceptors (Lipinski definition) is 6. The van der Waals surface area contributed by atoms with Crippen molar-refractivity contribution in [2.75, 3.05) is 13.2 Å². The molecule has 0 rings (SSSR count). The second kappa shape index (κ2) is 19.5. The van der Waals surface area contributed by atoms with Gasteiger partial charge in [0.1, 0.15) is 6.61 Å². The van der Waals surface area contributed by atoms with Crippen molar-refractivity contribution in [1.29, 1.82) is 0 Å². The maximum atomic E-state index is 12.0. The van der Waals surface area contributed by atoms with Crippen molar-refractivity contribution in [2.45, 2.75) is 103 Å². The molecule has 0 fully saturated rings. The van der Waals surface area contributed by atoms with Gasteiger partial charge in [-0.05, 0) is 32.1 Å². The van der Waals surface area contributed by atoms with Crippen LogP contribution in [0.5, 0.6) is 0 Å². The number of unbranched alkanes of at least 4 members (excludes halogenated alkanes) is 8. The summed E-state index contributed by atoms with van der Waals surface area (Å²) >= 11 is 0. The minimum absolute atomic E-state index is 0.202. The molecule has 0 aliphatic rings. The zero-order valence-electron chi connectivity index (χ0n) is 19.1. The van der Waals surface area contributed by atoms with Crippen LogP contribution < -0.4 is 0 Å². The second-order valence-electron chi connectivity index (χ2n) is 7.60. The fourth-order valence-corrected chi connectivity index (χ4v) is 3.14. The van der Waals surface area contributed by atoms with Gasteiger partial charge in [-0.3, -0.25) is 14.1 Å². The van der Waals surface area contributed by atoms with Crippen LogP contribution in [0, 0.1) is 0 Å². The average Bonchev–Trinajstić information content (AvgIpc) is 2.71. The van der Waals surface area contributed by atoms with Crippen molar-refractivity contribution in [3.8, 4) is 0 Å². The summed E-state index contributed by atoms with van der Waals surface area (Å²) in [4.78, 5) is 41.5. The second-order valence-corrected chi connectivity index (χ2v) is 8.84. The lowest BCUT2D eigenvalue weighted by Gasteiger charge is -2.18. The van der Waals surface area contributed by atoms with Crippen LogP contribution in [0.25, 0.3) is 0 Å². The van der Waals surface area contributed by atoms with Crippen LogP contribution >= 0.6 is 7.82 Å². The van der Waals surface area contributed by atoms with Gasteiger partial charge in [-0.15, -0.1) is 0 Å². The Bertz CT molecular complexity index is 544. The van der Waals surface area contributed by atoms with Crippen molar-refractivity contribution in [3.63, 3.8) is 0 Å². The third kappa shape index (κ3) is 21.8. The van der Waals surface area contributed by atoms with E-state index in [0.717, 1.165) is 51.4 Å². The lowest BCUT2D eigenvalue weighted by molar-refractivity contribution is -0.161. The first-order chi connectivity index (χ1) is 14.8. The lowest BCUT2D eigenvalue weighted by Crippen LogP contribution is -2.29. The molecule has 0 saturated heterocycles. The largest absolute Gasteiger partial charge is 0.469 e. The lowest BCUT2D eigenvalue weighted by atomic mass is 10.1. The van der Waals surface area contributed by atoms with Crippen LogP contribution in [0.2, 0.25) is 0 Å². The molecular formula is C22H41O8P. The molecular weight excluding hydrogens is 423 g/mol. The summed E-state index contributed by atoms with van der Waals surface area (Å²) in [5.41, 5.74) is 0. The number of ether oxygens (including phenoxy) is 2. The summed E-state index contributed by atoms with van der Waals surface area (Å²) in [5.74, 6) is -0.931. The van der Waals surface area contributed by atoms with Gasteiger partial charge in [-0.1, -0.05) is 64.5 Å². The maximum Gasteiger partial charge on any atom is 0.469 e. The molecule has 2 N–H and O–H groups in total. The van der Waals surface area contributed by atoms with Gasteiger partial charge >= 0.3 is 19.8 Å². The molecule has 1 atom stereocenters. The van der Waals surface area contributed by atoms with Crippen molar-refractivity contribution >= 4 is 19.8 Å². The van der Waals surface area contributed by atoms with E-state index < -0.39 is 32.5 Å². The first-order valence-electron chi connectivity index (χ1n) is 11.5. The summed E-state index contributed by atoms with van der Waals surface area (Å²) in [6.45, 7) is 3.35. The molecule has 0 aliphatic carbocycles. The number of carbonyl (C=O) groups is 2. The summed E-state index contributed by atoms with van der Waals surface area (Å²) < 4.78 is 25.6. The first-order valence-corrected chi connectivity index (χ1v) is 13.0. The summed E-state index contributed by atoms with van der Waals surface area (Å²) in [6.07, 6.45) is 14.7. The highest BCUT2D eigenvalue weighted by Gasteiger charge is 2.22. The van der Waals surface area contributed by atoms with Gasteiger partial charge in [0.05, 0.1) is 6.61 Å². The Kier molecular flexibility index (Phi) is 18.7. The number of phosphoric acid groups is 1. The number of phosphoric ester groups is 1. The maximum absolute atomic E-state index is 12.0. The van der Waals surface area contributed by atoms with Crippen LogP contribution in [-0.4, -0.2) is 41.0 Å². The van der Waals surface area contributed by atoms with Crippen molar-refractivity contribution in [1.82, 2.24) is 0 Å². The predicted octanol–water partition coefficient (Wildman–Crippen LogP) is 5.22. The van der Waals surface area contributed by atoms with Crippen LogP contribution in [0.3, 0.4) is 0 Å². The van der Waals surface area contributed by atoms with Crippen molar-refractivity contribution in [2.24, 2.45) is 0 Å². The standard InChI is InChI=1S/C22H41O8P/c1-3-5-7-8-9-10-11-12-13-15-17-22(24)30-20(19-29-31(25,26)27)18-28-21(23)16-14-6-4-2/h7-8,20H,3-6,9-19H2,1-2H3,(H2,25,26,27)/b8-7+/t20-/m0/s1. The Hall–Kier alpha value is -1.21. The molecule has 0 aromatic heterocycles. The summed E-state index contributed by atoms with van der Waals surface area (Å²) in [7, 11) is -4.71. The Morgan fingerprint density at radius 3 is 2.10 bits per heavy atom. The smallest absolute Gasteiger partial charge is 0.462 e. The Morgan fingerprint density at radius 1 is 0.806 bits per heavy atom. The van der Waals surface area contributed by atoms with E-state index in [4.69, 9.17) is 19.3 Å². The van der Waals surface area contributed by atoms with E-state index in [9.17, 15) is 14.2 Å². The highest BCUT2D eigenvalue weighted by Crippen LogP contribution is 2.35. The number of esters is 2. The van der Waals surface area contributed by atoms with Gasteiger partial charge in [-0.25, -0.2) is 4.57 Å². The molecule has 182 valence electrons. The molecule has 0 bridgehead atoms. The van der Waals surface area contributed by atoms with E-state index in [1.165, 1.54) is 6.42 Å². The van der Waals surface area contributed by atoms with Crippen molar-refractivity contribution in [3.05, 3.63) is 12.2 Å². The SMILES string of the molecule is CCC/C=C/CCCCCCCC(=O)O[C@@H](COC(=O)CCCCC)COP(=O)(O)O. The molecule has 0 amide bonds. The van der Waals surface area contributed by atoms with Crippen LogP contribution in [-0.2, 0) is 28.2 Å². The van der Waals surface area contributed by atoms with E-state index in [-0.39, 0.29) is 19.4 Å². The average molecular weight is 465 g/mol. The quantitative estimate of drug-likeness (QED) is 0.109. The van der Waals surface area contributed by atoms with Gasteiger partial charge in [0, 0.05) is 12.8 Å². The molecule has 0 saturated carbocycles. The first kappa shape index (κ1) is 29.8. The molecule has 8 nitrogen and oxygen atoms in total. The van der Waals surface area contributed by atoms with E-state index in [2.05, 4.69) is 23.6 Å². The number of allylic oxidation sites excluding steroid dienone is 2. The predicted molar refractivity (Wildman–Crippen MR) is 119 cm³/mol. The molecule has 0 heterocycles. The minimum atomic E-state index is -4.71. The molecule has 0 aromatic carbocycles. The van der Waals surface area contributed by atoms with Gasteiger partial charge < -0.3 is 19.3 Å². The monoisotopic (exact) mass is 464 g/mol. The zero-order chi connectivity index (χ0) is 23.4. The number of carbonyl (C=O) groups excluding carboxylic acids is 2. The van der Waals surface area contributed by atoms with E-state index in [0.29, 0.717) is 12.8 Å². The van der Waals surface area contributed by atoms with E-state index in [1.807, 2.05) is 6.92 Å². The summed E-state index contributed by atoms with van der Waals surface area (Å²) in [6, 6.07) is 0. The topological polar surface area (TPSA) is 119 Å². The molecule has 0 radical (unpaired) electrons. The molecule has 0 aliphatic heterocycles. The Balaban J connectivity index is 4.14. The van der Waals surface area contributed by atoms with E-state index in [1.54, 1.807) is 0 Å². The minimum Gasteiger partial charge on any atom is -0.462 e. The van der Waals surface area contributed by atoms with Crippen LogP contribution in [0.15, 0.2) is 12.2 Å². The summed E-state index contributed by atoms with van der Waals surface area (Å²) in [5, 5.41) is 0. The van der Waals surface area contributed by atoms with Crippen LogP contribution in [0.1, 0.15) is 97.3 Å².